The summed E-state index contributed by atoms with van der Waals surface area (Å²) in [6.07, 6.45) is 4.07. The standard InChI is InChI=1S/C32H30N2O7S/c1-2-3-21-40-26-14-17-29(18-15-26)42(38,39)34-30-19-16-28(22-24(30)9-20-31(35)36)41-27-12-10-25(11-13-27)33-32(37)23-7-5-4-6-8-23/h4-20,22,34H,2-3,21H2,1H3,(H,33,37)(H,35,36). The summed E-state index contributed by atoms with van der Waals surface area (Å²) in [6.45, 7) is 2.60. The predicted molar refractivity (Wildman–Crippen MR) is 162 cm³/mol. The third-order valence-electron chi connectivity index (χ3n) is 5.96. The summed E-state index contributed by atoms with van der Waals surface area (Å²) in [4.78, 5) is 23.6. The van der Waals surface area contributed by atoms with Crippen molar-refractivity contribution in [1.82, 2.24) is 0 Å². The fourth-order valence-electron chi connectivity index (χ4n) is 3.78. The molecule has 0 radical (unpaired) electrons. The zero-order valence-electron chi connectivity index (χ0n) is 22.8. The molecule has 4 rings (SSSR count). The molecule has 1 amide bonds. The van der Waals surface area contributed by atoms with Crippen LogP contribution in [0.3, 0.4) is 0 Å². The van der Waals surface area contributed by atoms with Crippen molar-refractivity contribution in [3.05, 3.63) is 114 Å². The number of ether oxygens (including phenoxy) is 2. The Bertz CT molecular complexity index is 1650. The first kappa shape index (κ1) is 29.9. The number of rotatable bonds is 13. The molecule has 9 nitrogen and oxygen atoms in total. The largest absolute Gasteiger partial charge is 0.494 e. The zero-order valence-corrected chi connectivity index (χ0v) is 23.6. The van der Waals surface area contributed by atoms with Crippen molar-refractivity contribution >= 4 is 39.4 Å². The van der Waals surface area contributed by atoms with Gasteiger partial charge in [0.15, 0.2) is 0 Å². The predicted octanol–water partition coefficient (Wildman–Crippen LogP) is 6.81. The first-order chi connectivity index (χ1) is 20.2. The van der Waals surface area contributed by atoms with E-state index in [2.05, 4.69) is 17.0 Å². The van der Waals surface area contributed by atoms with Crippen molar-refractivity contribution in [1.29, 1.82) is 0 Å². The van der Waals surface area contributed by atoms with E-state index in [1.165, 1.54) is 30.3 Å². The summed E-state index contributed by atoms with van der Waals surface area (Å²) in [6, 6.07) is 26.2. The van der Waals surface area contributed by atoms with E-state index >= 15 is 0 Å². The highest BCUT2D eigenvalue weighted by molar-refractivity contribution is 7.92. The zero-order chi connectivity index (χ0) is 30.0. The number of carboxylic acids is 1. The van der Waals surface area contributed by atoms with Gasteiger partial charge in [0.2, 0.25) is 0 Å². The molecule has 216 valence electrons. The molecule has 0 saturated carbocycles. The lowest BCUT2D eigenvalue weighted by Gasteiger charge is -2.14. The van der Waals surface area contributed by atoms with Gasteiger partial charge in [-0.1, -0.05) is 31.5 Å². The van der Waals surface area contributed by atoms with E-state index < -0.39 is 16.0 Å². The van der Waals surface area contributed by atoms with Crippen LogP contribution >= 0.6 is 0 Å². The van der Waals surface area contributed by atoms with Gasteiger partial charge in [-0.15, -0.1) is 0 Å². The molecular formula is C32H30N2O7S. The quantitative estimate of drug-likeness (QED) is 0.116. The van der Waals surface area contributed by atoms with Crippen LogP contribution in [0.5, 0.6) is 17.2 Å². The normalized spacial score (nSPS) is 11.2. The lowest BCUT2D eigenvalue weighted by atomic mass is 10.1. The van der Waals surface area contributed by atoms with Gasteiger partial charge < -0.3 is 19.9 Å². The topological polar surface area (TPSA) is 131 Å². The van der Waals surface area contributed by atoms with Gasteiger partial charge in [0.25, 0.3) is 15.9 Å². The van der Waals surface area contributed by atoms with E-state index in [0.29, 0.717) is 35.1 Å². The minimum Gasteiger partial charge on any atom is -0.494 e. The highest BCUT2D eigenvalue weighted by Crippen LogP contribution is 2.30. The average molecular weight is 587 g/mol. The number of sulfonamides is 1. The van der Waals surface area contributed by atoms with Crippen LogP contribution in [-0.4, -0.2) is 32.0 Å². The molecule has 0 aliphatic rings. The second-order valence-electron chi connectivity index (χ2n) is 9.15. The molecule has 0 atom stereocenters. The molecule has 0 heterocycles. The summed E-state index contributed by atoms with van der Waals surface area (Å²) in [5, 5.41) is 12.0. The molecule has 0 aromatic heterocycles. The molecule has 0 unspecified atom stereocenters. The highest BCUT2D eigenvalue weighted by atomic mass is 32.2. The van der Waals surface area contributed by atoms with Crippen LogP contribution in [0, 0.1) is 0 Å². The van der Waals surface area contributed by atoms with E-state index in [0.717, 1.165) is 18.9 Å². The van der Waals surface area contributed by atoms with Crippen LogP contribution in [0.4, 0.5) is 11.4 Å². The molecule has 0 aliphatic heterocycles. The summed E-state index contributed by atoms with van der Waals surface area (Å²) in [5.74, 6) is -0.0657. The molecule has 10 heteroatoms. The number of nitrogens with one attached hydrogen (secondary N) is 2. The monoisotopic (exact) mass is 586 g/mol. The number of hydrogen-bond acceptors (Lipinski definition) is 6. The Labute approximate surface area is 244 Å². The summed E-state index contributed by atoms with van der Waals surface area (Å²) < 4.78 is 40.2. The van der Waals surface area contributed by atoms with Crippen LogP contribution in [-0.2, 0) is 14.8 Å². The Morgan fingerprint density at radius 1 is 0.857 bits per heavy atom. The van der Waals surface area contributed by atoms with E-state index in [-0.39, 0.29) is 22.1 Å². The van der Waals surface area contributed by atoms with Crippen molar-refractivity contribution in [2.45, 2.75) is 24.7 Å². The number of carbonyl (C=O) groups excluding carboxylic acids is 1. The maximum Gasteiger partial charge on any atom is 0.328 e. The molecule has 3 N–H and O–H groups in total. The van der Waals surface area contributed by atoms with Gasteiger partial charge >= 0.3 is 5.97 Å². The van der Waals surface area contributed by atoms with Gasteiger partial charge in [-0.3, -0.25) is 9.52 Å². The van der Waals surface area contributed by atoms with Gasteiger partial charge in [-0.25, -0.2) is 13.2 Å². The fourth-order valence-corrected chi connectivity index (χ4v) is 4.87. The second kappa shape index (κ2) is 14.0. The number of carboxylic acid groups (broad SMARTS) is 1. The lowest BCUT2D eigenvalue weighted by Crippen LogP contribution is -2.13. The molecule has 0 aliphatic carbocycles. The first-order valence-electron chi connectivity index (χ1n) is 13.2. The minimum absolute atomic E-state index is 0.0262. The molecule has 4 aromatic carbocycles. The van der Waals surface area contributed by atoms with Gasteiger partial charge in [0.05, 0.1) is 17.2 Å². The molecule has 0 bridgehead atoms. The molecule has 42 heavy (non-hydrogen) atoms. The Balaban J connectivity index is 1.48. The Morgan fingerprint density at radius 2 is 1.52 bits per heavy atom. The summed E-state index contributed by atoms with van der Waals surface area (Å²) >= 11 is 0. The van der Waals surface area contributed by atoms with Gasteiger partial charge in [0.1, 0.15) is 17.2 Å². The highest BCUT2D eigenvalue weighted by Gasteiger charge is 2.17. The van der Waals surface area contributed by atoms with Crippen LogP contribution in [0.15, 0.2) is 108 Å². The molecule has 0 fully saturated rings. The van der Waals surface area contributed by atoms with Gasteiger partial charge in [-0.2, -0.15) is 0 Å². The smallest absolute Gasteiger partial charge is 0.328 e. The van der Waals surface area contributed by atoms with E-state index in [1.54, 1.807) is 66.7 Å². The number of anilines is 2. The van der Waals surface area contributed by atoms with E-state index in [4.69, 9.17) is 14.6 Å². The summed E-state index contributed by atoms with van der Waals surface area (Å²) in [7, 11) is -3.99. The second-order valence-corrected chi connectivity index (χ2v) is 10.8. The van der Waals surface area contributed by atoms with Crippen LogP contribution in [0.1, 0.15) is 35.7 Å². The first-order valence-corrected chi connectivity index (χ1v) is 14.7. The van der Waals surface area contributed by atoms with Gasteiger partial charge in [-0.05, 0) is 91.4 Å². The van der Waals surface area contributed by atoms with Crippen molar-refractivity contribution in [2.75, 3.05) is 16.6 Å². The Kier molecular flexibility index (Phi) is 9.96. The molecular weight excluding hydrogens is 556 g/mol. The van der Waals surface area contributed by atoms with Crippen molar-refractivity contribution in [3.63, 3.8) is 0 Å². The van der Waals surface area contributed by atoms with Crippen LogP contribution in [0.25, 0.3) is 6.08 Å². The number of aliphatic carboxylic acids is 1. The summed E-state index contributed by atoms with van der Waals surface area (Å²) in [5.41, 5.74) is 1.56. The van der Waals surface area contributed by atoms with Crippen LogP contribution < -0.4 is 19.5 Å². The van der Waals surface area contributed by atoms with Crippen molar-refractivity contribution < 1.29 is 32.6 Å². The van der Waals surface area contributed by atoms with E-state index in [1.807, 2.05) is 6.07 Å². The Morgan fingerprint density at radius 3 is 2.19 bits per heavy atom. The lowest BCUT2D eigenvalue weighted by molar-refractivity contribution is -0.131. The molecule has 4 aromatic rings. The maximum atomic E-state index is 13.1. The minimum atomic E-state index is -3.99. The van der Waals surface area contributed by atoms with Crippen molar-refractivity contribution in [3.8, 4) is 17.2 Å². The maximum absolute atomic E-state index is 13.1. The van der Waals surface area contributed by atoms with Crippen molar-refractivity contribution in [2.24, 2.45) is 0 Å². The number of benzene rings is 4. The number of amides is 1. The number of carbonyl (C=O) groups is 2. The molecule has 0 saturated heterocycles. The molecule has 0 spiro atoms. The third kappa shape index (κ3) is 8.45. The third-order valence-corrected chi connectivity index (χ3v) is 7.34. The number of hydrogen-bond donors (Lipinski definition) is 3. The van der Waals surface area contributed by atoms with E-state index in [9.17, 15) is 18.0 Å². The number of unbranched alkanes of at least 4 members (excludes halogenated alkanes) is 1. The SMILES string of the molecule is CCCCOc1ccc(S(=O)(=O)Nc2ccc(Oc3ccc(NC(=O)c4ccccc4)cc3)cc2C=CC(=O)O)cc1. The Hall–Kier alpha value is -5.09. The average Bonchev–Trinajstić information content (AvgIpc) is 2.99. The van der Waals surface area contributed by atoms with Crippen LogP contribution in [0.2, 0.25) is 0 Å². The van der Waals surface area contributed by atoms with Gasteiger partial charge in [0, 0.05) is 22.9 Å². The fraction of sp³-hybridized carbons (Fsp3) is 0.125.